The van der Waals surface area contributed by atoms with Crippen molar-refractivity contribution in [2.45, 2.75) is 13.0 Å². The summed E-state index contributed by atoms with van der Waals surface area (Å²) in [4.78, 5) is 32.0. The fourth-order valence-electron chi connectivity index (χ4n) is 3.60. The highest BCUT2D eigenvalue weighted by molar-refractivity contribution is 5.99. The van der Waals surface area contributed by atoms with E-state index in [0.717, 1.165) is 11.3 Å². The van der Waals surface area contributed by atoms with Gasteiger partial charge in [0.2, 0.25) is 5.91 Å². The Morgan fingerprint density at radius 1 is 1.14 bits per heavy atom. The topological polar surface area (TPSA) is 65.6 Å². The molecule has 4 rings (SSSR count). The summed E-state index contributed by atoms with van der Waals surface area (Å²) in [5.41, 5.74) is 2.07. The Morgan fingerprint density at radius 3 is 2.69 bits per heavy atom. The van der Waals surface area contributed by atoms with Crippen LogP contribution >= 0.6 is 0 Å². The average Bonchev–Trinajstić information content (AvgIpc) is 3.06. The van der Waals surface area contributed by atoms with Crippen LogP contribution in [-0.2, 0) is 11.3 Å². The zero-order valence-electron chi connectivity index (χ0n) is 16.2. The molecule has 29 heavy (non-hydrogen) atoms. The van der Waals surface area contributed by atoms with E-state index in [-0.39, 0.29) is 24.2 Å². The predicted molar refractivity (Wildman–Crippen MR) is 107 cm³/mol. The molecule has 6 nitrogen and oxygen atoms in total. The van der Waals surface area contributed by atoms with Crippen LogP contribution in [0.2, 0.25) is 0 Å². The van der Waals surface area contributed by atoms with E-state index < -0.39 is 0 Å². The van der Waals surface area contributed by atoms with Crippen molar-refractivity contribution < 1.29 is 18.7 Å². The van der Waals surface area contributed by atoms with Crippen LogP contribution in [0, 0.1) is 5.82 Å². The van der Waals surface area contributed by atoms with Crippen LogP contribution in [0.1, 0.15) is 22.5 Å². The van der Waals surface area contributed by atoms with E-state index in [1.165, 1.54) is 12.1 Å². The molecule has 1 saturated heterocycles. The van der Waals surface area contributed by atoms with Gasteiger partial charge in [-0.05, 0) is 48.4 Å². The molecule has 1 aliphatic heterocycles. The van der Waals surface area contributed by atoms with E-state index in [9.17, 15) is 14.0 Å². The third kappa shape index (κ3) is 4.08. The minimum atomic E-state index is -0.352. The molecular weight excluding hydrogens is 373 g/mol. The molecule has 0 unspecified atom stereocenters. The maximum absolute atomic E-state index is 13.4. The average molecular weight is 395 g/mol. The summed E-state index contributed by atoms with van der Waals surface area (Å²) in [6.07, 6.45) is 0.697. The van der Waals surface area contributed by atoms with Gasteiger partial charge in [0.25, 0.3) is 5.91 Å². The van der Waals surface area contributed by atoms with Crippen molar-refractivity contribution in [3.8, 4) is 5.75 Å². The SMILES string of the molecule is COc1ccc(CN2CCCN(C(=O)c3cc4cc(F)ccc4[nH]3)CC2=O)cc1. The van der Waals surface area contributed by atoms with Crippen molar-refractivity contribution in [2.24, 2.45) is 0 Å². The summed E-state index contributed by atoms with van der Waals surface area (Å²) >= 11 is 0. The van der Waals surface area contributed by atoms with E-state index in [4.69, 9.17) is 4.74 Å². The second-order valence-electron chi connectivity index (χ2n) is 7.16. The van der Waals surface area contributed by atoms with E-state index in [2.05, 4.69) is 4.98 Å². The minimum absolute atomic E-state index is 0.0265. The number of methoxy groups -OCH3 is 1. The second-order valence-corrected chi connectivity index (χ2v) is 7.16. The second kappa shape index (κ2) is 7.95. The number of ether oxygens (including phenoxy) is 1. The smallest absolute Gasteiger partial charge is 0.270 e. The highest BCUT2D eigenvalue weighted by atomic mass is 19.1. The summed E-state index contributed by atoms with van der Waals surface area (Å²) in [6, 6.07) is 13.6. The van der Waals surface area contributed by atoms with Crippen molar-refractivity contribution in [2.75, 3.05) is 26.7 Å². The first-order chi connectivity index (χ1) is 14.0. The molecule has 0 bridgehead atoms. The Balaban J connectivity index is 1.45. The summed E-state index contributed by atoms with van der Waals surface area (Å²) in [7, 11) is 1.61. The van der Waals surface area contributed by atoms with Gasteiger partial charge in [-0.1, -0.05) is 12.1 Å². The molecule has 1 aromatic heterocycles. The number of hydrogen-bond donors (Lipinski definition) is 1. The molecule has 2 aromatic carbocycles. The molecule has 0 atom stereocenters. The fraction of sp³-hybridized carbons (Fsp3) is 0.273. The monoisotopic (exact) mass is 395 g/mol. The minimum Gasteiger partial charge on any atom is -0.497 e. The number of halogens is 1. The molecule has 0 spiro atoms. The van der Waals surface area contributed by atoms with Crippen LogP contribution in [0.4, 0.5) is 4.39 Å². The number of amides is 2. The number of H-pyrrole nitrogens is 1. The van der Waals surface area contributed by atoms with Crippen LogP contribution < -0.4 is 4.74 Å². The Kier molecular flexibility index (Phi) is 5.20. The lowest BCUT2D eigenvalue weighted by atomic mass is 10.2. The lowest BCUT2D eigenvalue weighted by molar-refractivity contribution is -0.131. The van der Waals surface area contributed by atoms with Crippen LogP contribution in [0.3, 0.4) is 0 Å². The standard InChI is InChI=1S/C22H22FN3O3/c1-29-18-6-3-15(4-7-18)13-25-9-2-10-26(14-21(25)27)22(28)20-12-16-11-17(23)5-8-19(16)24-20/h3-8,11-12,24H,2,9-10,13-14H2,1H3. The lowest BCUT2D eigenvalue weighted by Crippen LogP contribution is -2.39. The molecule has 0 saturated carbocycles. The molecule has 150 valence electrons. The molecular formula is C22H22FN3O3. The molecule has 2 amide bonds. The van der Waals surface area contributed by atoms with Gasteiger partial charge in [-0.25, -0.2) is 4.39 Å². The van der Waals surface area contributed by atoms with Gasteiger partial charge in [0, 0.05) is 30.5 Å². The molecule has 0 radical (unpaired) electrons. The van der Waals surface area contributed by atoms with Crippen molar-refractivity contribution in [3.63, 3.8) is 0 Å². The van der Waals surface area contributed by atoms with Gasteiger partial charge < -0.3 is 19.5 Å². The maximum Gasteiger partial charge on any atom is 0.270 e. The highest BCUT2D eigenvalue weighted by Gasteiger charge is 2.26. The first-order valence-corrected chi connectivity index (χ1v) is 9.52. The highest BCUT2D eigenvalue weighted by Crippen LogP contribution is 2.19. The Bertz CT molecular complexity index is 1050. The van der Waals surface area contributed by atoms with Crippen LogP contribution in [0.15, 0.2) is 48.5 Å². The number of carbonyl (C=O) groups excluding carboxylic acids is 2. The first kappa shape index (κ1) is 19.0. The fourth-order valence-corrected chi connectivity index (χ4v) is 3.60. The predicted octanol–water partition coefficient (Wildman–Crippen LogP) is 3.19. The summed E-state index contributed by atoms with van der Waals surface area (Å²) < 4.78 is 18.6. The third-order valence-electron chi connectivity index (χ3n) is 5.17. The van der Waals surface area contributed by atoms with Gasteiger partial charge in [0.1, 0.15) is 23.8 Å². The largest absolute Gasteiger partial charge is 0.497 e. The Labute approximate surface area is 167 Å². The van der Waals surface area contributed by atoms with Crippen LogP contribution in [-0.4, -0.2) is 53.3 Å². The van der Waals surface area contributed by atoms with Gasteiger partial charge in [-0.2, -0.15) is 0 Å². The number of nitrogens with one attached hydrogen (secondary N) is 1. The van der Waals surface area contributed by atoms with Crippen LogP contribution in [0.5, 0.6) is 5.75 Å². The van der Waals surface area contributed by atoms with E-state index in [1.54, 1.807) is 29.0 Å². The molecule has 3 aromatic rings. The maximum atomic E-state index is 13.4. The summed E-state index contributed by atoms with van der Waals surface area (Å²) in [6.45, 7) is 1.61. The quantitative estimate of drug-likeness (QED) is 0.738. The zero-order valence-corrected chi connectivity index (χ0v) is 16.2. The number of benzene rings is 2. The Hall–Kier alpha value is -3.35. The summed E-state index contributed by atoms with van der Waals surface area (Å²) in [5, 5.41) is 0.635. The van der Waals surface area contributed by atoms with E-state index in [0.29, 0.717) is 42.7 Å². The van der Waals surface area contributed by atoms with Crippen molar-refractivity contribution in [1.29, 1.82) is 0 Å². The van der Waals surface area contributed by atoms with E-state index >= 15 is 0 Å². The van der Waals surface area contributed by atoms with Gasteiger partial charge in [-0.15, -0.1) is 0 Å². The number of nitrogens with zero attached hydrogens (tertiary/aromatic N) is 2. The van der Waals surface area contributed by atoms with Crippen LogP contribution in [0.25, 0.3) is 10.9 Å². The van der Waals surface area contributed by atoms with E-state index in [1.807, 2.05) is 24.3 Å². The van der Waals surface area contributed by atoms with Crippen molar-refractivity contribution in [3.05, 3.63) is 65.6 Å². The molecule has 2 heterocycles. The molecule has 0 aliphatic carbocycles. The van der Waals surface area contributed by atoms with Crippen molar-refractivity contribution in [1.82, 2.24) is 14.8 Å². The normalized spacial score (nSPS) is 14.9. The van der Waals surface area contributed by atoms with Crippen molar-refractivity contribution >= 4 is 22.7 Å². The Morgan fingerprint density at radius 2 is 1.93 bits per heavy atom. The molecule has 1 N–H and O–H groups in total. The number of hydrogen-bond acceptors (Lipinski definition) is 3. The summed E-state index contributed by atoms with van der Waals surface area (Å²) in [5.74, 6) is 0.0793. The number of aromatic nitrogens is 1. The number of carbonyl (C=O) groups is 2. The van der Waals surface area contributed by atoms with Gasteiger partial charge in [0.05, 0.1) is 7.11 Å². The third-order valence-corrected chi connectivity index (χ3v) is 5.17. The molecule has 1 aliphatic rings. The number of rotatable bonds is 4. The molecule has 7 heteroatoms. The molecule has 1 fully saturated rings. The van der Waals surface area contributed by atoms with Gasteiger partial charge >= 0.3 is 0 Å². The number of aromatic amines is 1. The zero-order chi connectivity index (χ0) is 20.4. The number of fused-ring (bicyclic) bond motifs is 1. The van der Waals surface area contributed by atoms with Gasteiger partial charge in [-0.3, -0.25) is 9.59 Å². The first-order valence-electron chi connectivity index (χ1n) is 9.52. The lowest BCUT2D eigenvalue weighted by Gasteiger charge is -2.22. The van der Waals surface area contributed by atoms with Gasteiger partial charge in [0.15, 0.2) is 0 Å².